The van der Waals surface area contributed by atoms with E-state index in [2.05, 4.69) is 10.6 Å². The van der Waals surface area contributed by atoms with Gasteiger partial charge in [0, 0.05) is 25.7 Å². The van der Waals surface area contributed by atoms with Gasteiger partial charge in [-0.25, -0.2) is 9.18 Å². The molecule has 1 aliphatic heterocycles. The molecule has 1 aromatic rings. The molecule has 1 aliphatic carbocycles. The van der Waals surface area contributed by atoms with Gasteiger partial charge in [0.25, 0.3) is 0 Å². The lowest BCUT2D eigenvalue weighted by Crippen LogP contribution is -2.51. The van der Waals surface area contributed by atoms with Crippen molar-refractivity contribution >= 4 is 11.7 Å². The van der Waals surface area contributed by atoms with Crippen LogP contribution in [0.15, 0.2) is 24.3 Å². The molecule has 0 aromatic heterocycles. The highest BCUT2D eigenvalue weighted by Gasteiger charge is 2.24. The minimum absolute atomic E-state index is 0.0188. The van der Waals surface area contributed by atoms with Gasteiger partial charge in [-0.05, 0) is 50.2 Å². The van der Waals surface area contributed by atoms with Crippen molar-refractivity contribution in [1.29, 1.82) is 0 Å². The summed E-state index contributed by atoms with van der Waals surface area (Å²) in [5.74, 6) is 0.138. The quantitative estimate of drug-likeness (QED) is 0.783. The average Bonchev–Trinajstić information content (AvgIpc) is 2.61. The number of carbonyl (C=O) groups excluding carboxylic acids is 1. The van der Waals surface area contributed by atoms with Gasteiger partial charge in [0.05, 0.1) is 11.8 Å². The maximum atomic E-state index is 14.0. The second-order valence-corrected chi connectivity index (χ2v) is 7.28. The van der Waals surface area contributed by atoms with Gasteiger partial charge in [-0.2, -0.15) is 0 Å². The number of aliphatic hydroxyl groups excluding tert-OH is 1. The molecule has 1 saturated heterocycles. The summed E-state index contributed by atoms with van der Waals surface area (Å²) in [5.41, 5.74) is 0.602. The molecule has 2 amide bonds. The summed E-state index contributed by atoms with van der Waals surface area (Å²) in [4.78, 5) is 14.2. The van der Waals surface area contributed by atoms with E-state index in [-0.39, 0.29) is 24.0 Å². The van der Waals surface area contributed by atoms with Crippen molar-refractivity contribution in [2.24, 2.45) is 5.92 Å². The molecule has 0 spiro atoms. The largest absolute Gasteiger partial charge is 0.393 e. The van der Waals surface area contributed by atoms with E-state index in [1.807, 2.05) is 11.0 Å². The normalized spacial score (nSPS) is 27.0. The van der Waals surface area contributed by atoms with E-state index >= 15 is 0 Å². The smallest absolute Gasteiger partial charge is 0.315 e. The van der Waals surface area contributed by atoms with Crippen molar-refractivity contribution in [3.05, 3.63) is 30.1 Å². The van der Waals surface area contributed by atoms with Gasteiger partial charge in [0.2, 0.25) is 0 Å². The molecule has 3 N–H and O–H groups in total. The zero-order valence-corrected chi connectivity index (χ0v) is 14.6. The van der Waals surface area contributed by atoms with Gasteiger partial charge < -0.3 is 20.6 Å². The fourth-order valence-corrected chi connectivity index (χ4v) is 3.94. The second kappa shape index (κ2) is 8.52. The Morgan fingerprint density at radius 3 is 2.88 bits per heavy atom. The van der Waals surface area contributed by atoms with E-state index in [4.69, 9.17) is 0 Å². The number of halogens is 1. The molecule has 0 radical (unpaired) electrons. The highest BCUT2D eigenvalue weighted by molar-refractivity contribution is 5.74. The van der Waals surface area contributed by atoms with Gasteiger partial charge in [0.1, 0.15) is 5.82 Å². The maximum Gasteiger partial charge on any atom is 0.315 e. The van der Waals surface area contributed by atoms with Crippen LogP contribution < -0.4 is 15.5 Å². The van der Waals surface area contributed by atoms with Crippen molar-refractivity contribution in [2.45, 2.75) is 50.7 Å². The number of amides is 2. The molecular weight excluding hydrogens is 321 g/mol. The van der Waals surface area contributed by atoms with Crippen LogP contribution in [0.25, 0.3) is 0 Å². The standard InChI is InChI=1S/C19H28FN3O2/c20-17-8-1-2-9-18(17)23-10-4-6-15(13-23)22-19(25)21-12-14-5-3-7-16(24)11-14/h1-2,8-9,14-16,24H,3-7,10-13H2,(H2,21,22,25). The number of para-hydroxylation sites is 1. The SMILES string of the molecule is O=C(NCC1CCCC(O)C1)NC1CCCN(c2ccccc2F)C1. The highest BCUT2D eigenvalue weighted by Crippen LogP contribution is 2.24. The third-order valence-corrected chi connectivity index (χ3v) is 5.26. The van der Waals surface area contributed by atoms with Crippen LogP contribution in [-0.2, 0) is 0 Å². The number of nitrogens with one attached hydrogen (secondary N) is 2. The lowest BCUT2D eigenvalue weighted by Gasteiger charge is -2.35. The first-order valence-electron chi connectivity index (χ1n) is 9.33. The van der Waals surface area contributed by atoms with Crippen LogP contribution in [0.1, 0.15) is 38.5 Å². The van der Waals surface area contributed by atoms with Gasteiger partial charge in [-0.3, -0.25) is 0 Å². The Morgan fingerprint density at radius 2 is 2.08 bits per heavy atom. The first kappa shape index (κ1) is 18.0. The molecule has 0 bridgehead atoms. The van der Waals surface area contributed by atoms with Crippen molar-refractivity contribution in [3.63, 3.8) is 0 Å². The molecule has 2 aliphatic rings. The van der Waals surface area contributed by atoms with Crippen molar-refractivity contribution < 1.29 is 14.3 Å². The Hall–Kier alpha value is -1.82. The van der Waals surface area contributed by atoms with Crippen LogP contribution >= 0.6 is 0 Å². The Bertz CT molecular complexity index is 584. The Morgan fingerprint density at radius 1 is 1.24 bits per heavy atom. The molecule has 1 aromatic carbocycles. The van der Waals surface area contributed by atoms with Gasteiger partial charge in [-0.15, -0.1) is 0 Å². The van der Waals surface area contributed by atoms with Gasteiger partial charge >= 0.3 is 6.03 Å². The predicted octanol–water partition coefficient (Wildman–Crippen LogP) is 2.64. The Kier molecular flexibility index (Phi) is 6.13. The van der Waals surface area contributed by atoms with Crippen LogP contribution in [0, 0.1) is 11.7 Å². The maximum absolute atomic E-state index is 14.0. The third-order valence-electron chi connectivity index (χ3n) is 5.26. The van der Waals surface area contributed by atoms with Crippen LogP contribution in [0.3, 0.4) is 0 Å². The first-order chi connectivity index (χ1) is 12.1. The number of piperidine rings is 1. The van der Waals surface area contributed by atoms with Crippen LogP contribution in [0.4, 0.5) is 14.9 Å². The van der Waals surface area contributed by atoms with Crippen LogP contribution in [-0.4, -0.2) is 42.9 Å². The molecule has 1 heterocycles. The number of aliphatic hydroxyl groups is 1. The number of hydrogen-bond donors (Lipinski definition) is 3. The predicted molar refractivity (Wildman–Crippen MR) is 96.1 cm³/mol. The first-order valence-corrected chi connectivity index (χ1v) is 9.33. The lowest BCUT2D eigenvalue weighted by atomic mass is 9.87. The fraction of sp³-hybridized carbons (Fsp3) is 0.632. The minimum atomic E-state index is -0.226. The van der Waals surface area contributed by atoms with Crippen LogP contribution in [0.5, 0.6) is 0 Å². The monoisotopic (exact) mass is 349 g/mol. The molecule has 3 rings (SSSR count). The second-order valence-electron chi connectivity index (χ2n) is 7.28. The zero-order chi connectivity index (χ0) is 17.6. The molecule has 2 fully saturated rings. The number of urea groups is 1. The molecule has 5 nitrogen and oxygen atoms in total. The van der Waals surface area contributed by atoms with Crippen molar-refractivity contribution in [1.82, 2.24) is 10.6 Å². The summed E-state index contributed by atoms with van der Waals surface area (Å²) in [7, 11) is 0. The van der Waals surface area contributed by atoms with E-state index < -0.39 is 0 Å². The Balaban J connectivity index is 1.46. The van der Waals surface area contributed by atoms with E-state index in [9.17, 15) is 14.3 Å². The van der Waals surface area contributed by atoms with Crippen molar-refractivity contribution in [2.75, 3.05) is 24.5 Å². The van der Waals surface area contributed by atoms with E-state index in [0.717, 1.165) is 45.1 Å². The molecule has 25 heavy (non-hydrogen) atoms. The van der Waals surface area contributed by atoms with Gasteiger partial charge in [0.15, 0.2) is 0 Å². The molecule has 3 unspecified atom stereocenters. The average molecular weight is 349 g/mol. The number of hydrogen-bond acceptors (Lipinski definition) is 3. The molecule has 1 saturated carbocycles. The molecule has 138 valence electrons. The van der Waals surface area contributed by atoms with E-state index in [1.165, 1.54) is 6.07 Å². The summed E-state index contributed by atoms with van der Waals surface area (Å²) in [6.45, 7) is 2.03. The van der Waals surface area contributed by atoms with E-state index in [0.29, 0.717) is 24.7 Å². The number of benzene rings is 1. The van der Waals surface area contributed by atoms with Crippen LogP contribution in [0.2, 0.25) is 0 Å². The summed E-state index contributed by atoms with van der Waals surface area (Å²) in [6.07, 6.45) is 5.32. The van der Waals surface area contributed by atoms with Gasteiger partial charge in [-0.1, -0.05) is 18.6 Å². The summed E-state index contributed by atoms with van der Waals surface area (Å²) in [5, 5.41) is 15.6. The zero-order valence-electron chi connectivity index (χ0n) is 14.6. The fourth-order valence-electron chi connectivity index (χ4n) is 3.94. The lowest BCUT2D eigenvalue weighted by molar-refractivity contribution is 0.101. The molecule has 6 heteroatoms. The topological polar surface area (TPSA) is 64.6 Å². The number of nitrogens with zero attached hydrogens (tertiary/aromatic N) is 1. The third kappa shape index (κ3) is 5.08. The van der Waals surface area contributed by atoms with Crippen molar-refractivity contribution in [3.8, 4) is 0 Å². The molecule has 3 atom stereocenters. The number of anilines is 1. The van der Waals surface area contributed by atoms with E-state index in [1.54, 1.807) is 12.1 Å². The summed E-state index contributed by atoms with van der Waals surface area (Å²) in [6, 6.07) is 6.63. The molecular formula is C19H28FN3O2. The summed E-state index contributed by atoms with van der Waals surface area (Å²) < 4.78 is 14.0. The number of carbonyl (C=O) groups is 1. The highest BCUT2D eigenvalue weighted by atomic mass is 19.1. The minimum Gasteiger partial charge on any atom is -0.393 e. The summed E-state index contributed by atoms with van der Waals surface area (Å²) >= 11 is 0. The Labute approximate surface area is 148 Å². The number of rotatable bonds is 4.